The third kappa shape index (κ3) is 3.48. The van der Waals surface area contributed by atoms with Crippen molar-refractivity contribution < 1.29 is 9.84 Å². The number of hydrogen-bond acceptors (Lipinski definition) is 4. The Morgan fingerprint density at radius 2 is 2.09 bits per heavy atom. The zero-order chi connectivity index (χ0) is 16.4. The molecule has 6 nitrogen and oxygen atoms in total. The first-order valence-electron chi connectivity index (χ1n) is 7.38. The molecular formula is C16H18N2O4Se. The molecule has 2 heterocycles. The van der Waals surface area contributed by atoms with Gasteiger partial charge >= 0.3 is 139 Å². The van der Waals surface area contributed by atoms with Crippen LogP contribution in [0, 0.1) is 6.92 Å². The molecule has 3 atom stereocenters. The van der Waals surface area contributed by atoms with Gasteiger partial charge in [0, 0.05) is 0 Å². The predicted octanol–water partition coefficient (Wildman–Crippen LogP) is -0.0570. The van der Waals surface area contributed by atoms with Gasteiger partial charge in [0.15, 0.2) is 0 Å². The van der Waals surface area contributed by atoms with E-state index in [0.717, 1.165) is 0 Å². The Morgan fingerprint density at radius 1 is 1.35 bits per heavy atom. The summed E-state index contributed by atoms with van der Waals surface area (Å²) in [5.74, 6) is 0. The molecule has 1 saturated heterocycles. The molecule has 1 fully saturated rings. The first kappa shape index (κ1) is 16.2. The molecule has 0 amide bonds. The van der Waals surface area contributed by atoms with Crippen molar-refractivity contribution in [3.8, 4) is 0 Å². The Hall–Kier alpha value is -1.66. The minimum absolute atomic E-state index is 0.0744. The van der Waals surface area contributed by atoms with E-state index in [1.807, 2.05) is 18.2 Å². The van der Waals surface area contributed by atoms with Gasteiger partial charge in [0.2, 0.25) is 0 Å². The molecule has 2 aromatic rings. The van der Waals surface area contributed by atoms with E-state index in [9.17, 15) is 14.7 Å². The van der Waals surface area contributed by atoms with Crippen LogP contribution in [0.5, 0.6) is 0 Å². The number of aromatic amines is 1. The van der Waals surface area contributed by atoms with Crippen molar-refractivity contribution in [3.63, 3.8) is 0 Å². The molecule has 7 heteroatoms. The second kappa shape index (κ2) is 6.84. The number of benzene rings is 1. The molecule has 0 bridgehead atoms. The van der Waals surface area contributed by atoms with Gasteiger partial charge in [-0.2, -0.15) is 0 Å². The summed E-state index contributed by atoms with van der Waals surface area (Å²) in [7, 11) is 0. The number of aromatic nitrogens is 2. The summed E-state index contributed by atoms with van der Waals surface area (Å²) in [6.45, 7) is 1.58. The molecule has 0 spiro atoms. The van der Waals surface area contributed by atoms with E-state index in [1.165, 1.54) is 9.03 Å². The van der Waals surface area contributed by atoms with Gasteiger partial charge in [-0.3, -0.25) is 0 Å². The Labute approximate surface area is 139 Å². The number of H-pyrrole nitrogens is 1. The average molecular weight is 381 g/mol. The first-order valence-corrected chi connectivity index (χ1v) is 9.23. The fraction of sp³-hybridized carbons (Fsp3) is 0.375. The minimum atomic E-state index is -0.474. The summed E-state index contributed by atoms with van der Waals surface area (Å²) in [4.78, 5) is 26.1. The Kier molecular flexibility index (Phi) is 4.82. The molecule has 1 aromatic heterocycles. The summed E-state index contributed by atoms with van der Waals surface area (Å²) in [6.07, 6.45) is 1.49. The maximum absolute atomic E-state index is 12.1. The zero-order valence-corrected chi connectivity index (χ0v) is 14.4. The van der Waals surface area contributed by atoms with E-state index in [2.05, 4.69) is 17.1 Å². The molecule has 122 valence electrons. The van der Waals surface area contributed by atoms with Crippen molar-refractivity contribution in [1.82, 2.24) is 9.55 Å². The van der Waals surface area contributed by atoms with Crippen LogP contribution < -0.4 is 15.7 Å². The van der Waals surface area contributed by atoms with E-state index in [0.29, 0.717) is 12.0 Å². The van der Waals surface area contributed by atoms with Gasteiger partial charge in [-0.15, -0.1) is 0 Å². The van der Waals surface area contributed by atoms with Crippen molar-refractivity contribution in [2.75, 3.05) is 6.61 Å². The summed E-state index contributed by atoms with van der Waals surface area (Å²) in [5.41, 5.74) is -0.391. The summed E-state index contributed by atoms with van der Waals surface area (Å²) < 4.78 is 8.52. The molecule has 0 radical (unpaired) electrons. The number of rotatable bonds is 4. The second-order valence-electron chi connectivity index (χ2n) is 5.51. The average Bonchev–Trinajstić information content (AvgIpc) is 2.95. The Balaban J connectivity index is 1.93. The zero-order valence-electron chi connectivity index (χ0n) is 12.6. The van der Waals surface area contributed by atoms with Crippen LogP contribution in [0.2, 0.25) is 4.82 Å². The molecule has 2 N–H and O–H groups in total. The SMILES string of the molecule is Cc1cn([C@@H]2O[C@H](CO)C[C@H]2[Se]c2ccccc2)c(=O)[nH]c1=O. The Morgan fingerprint density at radius 3 is 2.78 bits per heavy atom. The van der Waals surface area contributed by atoms with Crippen molar-refractivity contribution >= 4 is 19.4 Å². The normalized spacial score (nSPS) is 24.0. The molecular weight excluding hydrogens is 363 g/mol. The number of hydrogen-bond donors (Lipinski definition) is 2. The summed E-state index contributed by atoms with van der Waals surface area (Å²) in [5, 5.41) is 9.42. The van der Waals surface area contributed by atoms with Crippen molar-refractivity contribution in [3.05, 3.63) is 62.9 Å². The number of ether oxygens (including phenoxy) is 1. The van der Waals surface area contributed by atoms with Gasteiger partial charge in [-0.05, 0) is 0 Å². The van der Waals surface area contributed by atoms with E-state index in [1.54, 1.807) is 13.1 Å². The summed E-state index contributed by atoms with van der Waals surface area (Å²) in [6, 6.07) is 10.1. The van der Waals surface area contributed by atoms with E-state index in [4.69, 9.17) is 4.74 Å². The van der Waals surface area contributed by atoms with E-state index in [-0.39, 0.29) is 38.0 Å². The van der Waals surface area contributed by atoms with Gasteiger partial charge < -0.3 is 0 Å². The standard InChI is InChI=1S/C16H18N2O4Se/c1-10-8-18(16(21)17-14(10)20)15-13(7-11(9-19)22-15)23-12-5-3-2-4-6-12/h2-6,8,11,13,15,19H,7,9H2,1H3,(H,17,20,21)/t11-,13+,15+/m0/s1. The van der Waals surface area contributed by atoms with E-state index >= 15 is 0 Å². The predicted molar refractivity (Wildman–Crippen MR) is 87.3 cm³/mol. The molecule has 1 aliphatic rings. The van der Waals surface area contributed by atoms with Crippen LogP contribution in [0.3, 0.4) is 0 Å². The molecule has 1 aliphatic heterocycles. The van der Waals surface area contributed by atoms with Crippen LogP contribution in [0.4, 0.5) is 0 Å². The molecule has 23 heavy (non-hydrogen) atoms. The second-order valence-corrected chi connectivity index (χ2v) is 8.27. The number of nitrogens with one attached hydrogen (secondary N) is 1. The van der Waals surface area contributed by atoms with Crippen molar-refractivity contribution in [2.45, 2.75) is 30.5 Å². The first-order chi connectivity index (χ1) is 11.1. The number of aryl methyl sites for hydroxylation is 1. The molecule has 3 rings (SSSR count). The van der Waals surface area contributed by atoms with Crippen LogP contribution in [0.1, 0.15) is 18.2 Å². The molecule has 0 saturated carbocycles. The van der Waals surface area contributed by atoms with Gasteiger partial charge in [-0.1, -0.05) is 0 Å². The quantitative estimate of drug-likeness (QED) is 0.727. The third-order valence-corrected chi connectivity index (χ3v) is 6.47. The van der Waals surface area contributed by atoms with Crippen LogP contribution in [-0.4, -0.2) is 42.3 Å². The number of aliphatic hydroxyl groups excluding tert-OH is 1. The van der Waals surface area contributed by atoms with Crippen LogP contribution >= 0.6 is 0 Å². The van der Waals surface area contributed by atoms with Crippen LogP contribution in [0.15, 0.2) is 46.1 Å². The van der Waals surface area contributed by atoms with E-state index < -0.39 is 11.9 Å². The Bertz CT molecular complexity index is 787. The number of nitrogens with zero attached hydrogens (tertiary/aromatic N) is 1. The van der Waals surface area contributed by atoms with Crippen molar-refractivity contribution in [2.24, 2.45) is 0 Å². The topological polar surface area (TPSA) is 84.3 Å². The molecule has 1 aromatic carbocycles. The molecule has 0 unspecified atom stereocenters. The van der Waals surface area contributed by atoms with Gasteiger partial charge in [0.05, 0.1) is 0 Å². The summed E-state index contributed by atoms with van der Waals surface area (Å²) >= 11 is 0.0966. The fourth-order valence-electron chi connectivity index (χ4n) is 2.63. The maximum atomic E-state index is 12.1. The van der Waals surface area contributed by atoms with Gasteiger partial charge in [0.25, 0.3) is 0 Å². The fourth-order valence-corrected chi connectivity index (χ4v) is 5.33. The molecule has 0 aliphatic carbocycles. The van der Waals surface area contributed by atoms with Crippen molar-refractivity contribution in [1.29, 1.82) is 0 Å². The van der Waals surface area contributed by atoms with Crippen LogP contribution in [0.25, 0.3) is 0 Å². The monoisotopic (exact) mass is 382 g/mol. The van der Waals surface area contributed by atoms with Gasteiger partial charge in [0.1, 0.15) is 0 Å². The number of aliphatic hydroxyl groups is 1. The third-order valence-electron chi connectivity index (χ3n) is 3.80. The van der Waals surface area contributed by atoms with Crippen LogP contribution in [-0.2, 0) is 4.74 Å². The van der Waals surface area contributed by atoms with Gasteiger partial charge in [-0.25, -0.2) is 0 Å².